The topological polar surface area (TPSA) is 56.3 Å². The van der Waals surface area contributed by atoms with Crippen molar-refractivity contribution in [1.29, 1.82) is 0 Å². The summed E-state index contributed by atoms with van der Waals surface area (Å²) >= 11 is 0. The minimum absolute atomic E-state index is 0.650. The quantitative estimate of drug-likeness (QED) is 0.648. The van der Waals surface area contributed by atoms with E-state index in [1.54, 1.807) is 25.7 Å². The highest BCUT2D eigenvalue weighted by Gasteiger charge is 1.92. The molecule has 0 atom stereocenters. The Bertz CT molecular complexity index is 244. The SMILES string of the molecule is COCCOCCCNc1cnccn1. The summed E-state index contributed by atoms with van der Waals surface area (Å²) in [6.07, 6.45) is 5.96. The van der Waals surface area contributed by atoms with Crippen LogP contribution in [-0.2, 0) is 9.47 Å². The zero-order chi connectivity index (χ0) is 10.8. The molecule has 1 aromatic heterocycles. The molecule has 0 aromatic carbocycles. The smallest absolute Gasteiger partial charge is 0.144 e. The van der Waals surface area contributed by atoms with Crippen molar-refractivity contribution in [1.82, 2.24) is 9.97 Å². The van der Waals surface area contributed by atoms with E-state index in [0.717, 1.165) is 25.4 Å². The Morgan fingerprint density at radius 1 is 1.27 bits per heavy atom. The van der Waals surface area contributed by atoms with Crippen LogP contribution in [0.1, 0.15) is 6.42 Å². The van der Waals surface area contributed by atoms with E-state index in [4.69, 9.17) is 9.47 Å². The maximum atomic E-state index is 5.31. The van der Waals surface area contributed by atoms with E-state index in [1.807, 2.05) is 0 Å². The van der Waals surface area contributed by atoms with Gasteiger partial charge in [-0.15, -0.1) is 0 Å². The zero-order valence-corrected chi connectivity index (χ0v) is 8.98. The summed E-state index contributed by atoms with van der Waals surface area (Å²) in [5.74, 6) is 0.800. The van der Waals surface area contributed by atoms with Crippen LogP contribution >= 0.6 is 0 Å². The first-order valence-corrected chi connectivity index (χ1v) is 5.00. The Hall–Kier alpha value is -1.20. The van der Waals surface area contributed by atoms with Gasteiger partial charge in [0.25, 0.3) is 0 Å². The van der Waals surface area contributed by atoms with Crippen molar-refractivity contribution < 1.29 is 9.47 Å². The number of methoxy groups -OCH3 is 1. The van der Waals surface area contributed by atoms with Gasteiger partial charge in [-0.25, -0.2) is 4.98 Å². The van der Waals surface area contributed by atoms with Gasteiger partial charge in [-0.05, 0) is 6.42 Å². The van der Waals surface area contributed by atoms with Crippen LogP contribution in [-0.4, -0.2) is 43.4 Å². The Morgan fingerprint density at radius 3 is 2.93 bits per heavy atom. The number of nitrogens with one attached hydrogen (secondary N) is 1. The highest BCUT2D eigenvalue weighted by Crippen LogP contribution is 1.96. The van der Waals surface area contributed by atoms with Gasteiger partial charge in [0.15, 0.2) is 0 Å². The summed E-state index contributed by atoms with van der Waals surface area (Å²) in [6.45, 7) is 2.88. The highest BCUT2D eigenvalue weighted by atomic mass is 16.5. The normalized spacial score (nSPS) is 10.2. The van der Waals surface area contributed by atoms with Crippen LogP contribution in [0.3, 0.4) is 0 Å². The zero-order valence-electron chi connectivity index (χ0n) is 8.98. The molecule has 0 fully saturated rings. The van der Waals surface area contributed by atoms with E-state index in [1.165, 1.54) is 0 Å². The lowest BCUT2D eigenvalue weighted by Crippen LogP contribution is -2.09. The molecule has 84 valence electrons. The van der Waals surface area contributed by atoms with Gasteiger partial charge in [-0.1, -0.05) is 0 Å². The molecule has 0 bridgehead atoms. The van der Waals surface area contributed by atoms with E-state index in [2.05, 4.69) is 15.3 Å². The first kappa shape index (κ1) is 11.9. The second-order valence-corrected chi connectivity index (χ2v) is 2.98. The number of aromatic nitrogens is 2. The fourth-order valence-corrected chi connectivity index (χ4v) is 1.03. The second kappa shape index (κ2) is 8.14. The maximum absolute atomic E-state index is 5.31. The van der Waals surface area contributed by atoms with Gasteiger partial charge in [0.1, 0.15) is 5.82 Å². The largest absolute Gasteiger partial charge is 0.382 e. The van der Waals surface area contributed by atoms with Crippen LogP contribution in [0.2, 0.25) is 0 Å². The van der Waals surface area contributed by atoms with Crippen LogP contribution in [0.5, 0.6) is 0 Å². The molecule has 5 nitrogen and oxygen atoms in total. The van der Waals surface area contributed by atoms with Crippen LogP contribution < -0.4 is 5.32 Å². The molecule has 0 saturated carbocycles. The first-order valence-electron chi connectivity index (χ1n) is 5.00. The van der Waals surface area contributed by atoms with Crippen LogP contribution in [0.15, 0.2) is 18.6 Å². The van der Waals surface area contributed by atoms with Gasteiger partial charge in [0.2, 0.25) is 0 Å². The summed E-state index contributed by atoms with van der Waals surface area (Å²) < 4.78 is 10.2. The number of nitrogens with zero attached hydrogens (tertiary/aromatic N) is 2. The lowest BCUT2D eigenvalue weighted by Gasteiger charge is -2.05. The van der Waals surface area contributed by atoms with E-state index in [0.29, 0.717) is 13.2 Å². The molecule has 0 aliphatic carbocycles. The molecule has 0 aliphatic rings. The highest BCUT2D eigenvalue weighted by molar-refractivity contribution is 5.29. The lowest BCUT2D eigenvalue weighted by atomic mass is 10.4. The molecule has 0 radical (unpaired) electrons. The van der Waals surface area contributed by atoms with Gasteiger partial charge in [-0.2, -0.15) is 0 Å². The lowest BCUT2D eigenvalue weighted by molar-refractivity contribution is 0.0705. The number of anilines is 1. The molecule has 0 spiro atoms. The number of hydrogen-bond donors (Lipinski definition) is 1. The van der Waals surface area contributed by atoms with Crippen molar-refractivity contribution >= 4 is 5.82 Å². The standard InChI is InChI=1S/C10H17N3O2/c1-14-7-8-15-6-2-3-12-10-9-11-4-5-13-10/h4-5,9H,2-3,6-8H2,1H3,(H,12,13). The third-order valence-electron chi connectivity index (χ3n) is 1.77. The van der Waals surface area contributed by atoms with Gasteiger partial charge < -0.3 is 14.8 Å². The summed E-state index contributed by atoms with van der Waals surface area (Å²) in [7, 11) is 1.67. The van der Waals surface area contributed by atoms with Crippen molar-refractivity contribution in [3.8, 4) is 0 Å². The van der Waals surface area contributed by atoms with E-state index < -0.39 is 0 Å². The second-order valence-electron chi connectivity index (χ2n) is 2.98. The summed E-state index contributed by atoms with van der Waals surface area (Å²) in [6, 6.07) is 0. The summed E-state index contributed by atoms with van der Waals surface area (Å²) in [5, 5.41) is 3.15. The van der Waals surface area contributed by atoms with Crippen molar-refractivity contribution in [3.63, 3.8) is 0 Å². The molecule has 0 amide bonds. The molecule has 5 heteroatoms. The molecular formula is C10H17N3O2. The van der Waals surface area contributed by atoms with E-state index >= 15 is 0 Å². The first-order chi connectivity index (χ1) is 7.43. The van der Waals surface area contributed by atoms with Crippen LogP contribution in [0.25, 0.3) is 0 Å². The predicted molar refractivity (Wildman–Crippen MR) is 57.8 cm³/mol. The average Bonchev–Trinajstić information content (AvgIpc) is 2.29. The predicted octanol–water partition coefficient (Wildman–Crippen LogP) is 0.942. The van der Waals surface area contributed by atoms with Crippen LogP contribution in [0.4, 0.5) is 5.82 Å². The monoisotopic (exact) mass is 211 g/mol. The van der Waals surface area contributed by atoms with Crippen molar-refractivity contribution in [3.05, 3.63) is 18.6 Å². The third kappa shape index (κ3) is 5.98. The van der Waals surface area contributed by atoms with E-state index in [-0.39, 0.29) is 0 Å². The van der Waals surface area contributed by atoms with Crippen molar-refractivity contribution in [2.75, 3.05) is 38.8 Å². The molecule has 1 aromatic rings. The fraction of sp³-hybridized carbons (Fsp3) is 0.600. The Morgan fingerprint density at radius 2 is 2.20 bits per heavy atom. The van der Waals surface area contributed by atoms with Crippen molar-refractivity contribution in [2.24, 2.45) is 0 Å². The molecule has 15 heavy (non-hydrogen) atoms. The van der Waals surface area contributed by atoms with Crippen LogP contribution in [0, 0.1) is 0 Å². The Balaban J connectivity index is 1.93. The fourth-order valence-electron chi connectivity index (χ4n) is 1.03. The molecule has 1 heterocycles. The third-order valence-corrected chi connectivity index (χ3v) is 1.77. The Kier molecular flexibility index (Phi) is 6.44. The molecule has 1 rings (SSSR count). The van der Waals surface area contributed by atoms with Gasteiger partial charge in [-0.3, -0.25) is 4.98 Å². The number of hydrogen-bond acceptors (Lipinski definition) is 5. The minimum Gasteiger partial charge on any atom is -0.382 e. The van der Waals surface area contributed by atoms with Crippen molar-refractivity contribution in [2.45, 2.75) is 6.42 Å². The van der Waals surface area contributed by atoms with E-state index in [9.17, 15) is 0 Å². The Labute approximate surface area is 89.8 Å². The van der Waals surface area contributed by atoms with Gasteiger partial charge in [0.05, 0.1) is 19.4 Å². The number of rotatable bonds is 8. The summed E-state index contributed by atoms with van der Waals surface area (Å²) in [5.41, 5.74) is 0. The molecule has 1 N–H and O–H groups in total. The molecule has 0 saturated heterocycles. The van der Waals surface area contributed by atoms with Gasteiger partial charge >= 0.3 is 0 Å². The molecule has 0 unspecified atom stereocenters. The molecule has 0 aliphatic heterocycles. The molecular weight excluding hydrogens is 194 g/mol. The summed E-state index contributed by atoms with van der Waals surface area (Å²) in [4.78, 5) is 8.04. The minimum atomic E-state index is 0.650. The van der Waals surface area contributed by atoms with Gasteiger partial charge in [0, 0.05) is 32.7 Å². The maximum Gasteiger partial charge on any atom is 0.144 e. The average molecular weight is 211 g/mol. The number of ether oxygens (including phenoxy) is 2.